The second-order valence-electron chi connectivity index (χ2n) is 8.35. The third-order valence-corrected chi connectivity index (χ3v) is 6.22. The first-order valence-corrected chi connectivity index (χ1v) is 11.0. The summed E-state index contributed by atoms with van der Waals surface area (Å²) in [4.78, 5) is 20.0. The van der Waals surface area contributed by atoms with Crippen LogP contribution in [0.2, 0.25) is 0 Å². The third kappa shape index (κ3) is 4.57. The van der Waals surface area contributed by atoms with Crippen molar-refractivity contribution in [3.05, 3.63) is 59.7 Å². The van der Waals surface area contributed by atoms with Gasteiger partial charge in [0.1, 0.15) is 0 Å². The number of hydrogen-bond acceptors (Lipinski definition) is 4. The highest BCUT2D eigenvalue weighted by Crippen LogP contribution is 2.31. The number of methoxy groups -OCH3 is 1. The Balaban J connectivity index is 1.48. The summed E-state index contributed by atoms with van der Waals surface area (Å²) in [6.07, 6.45) is 5.64. The lowest BCUT2D eigenvalue weighted by atomic mass is 9.89. The van der Waals surface area contributed by atoms with Gasteiger partial charge >= 0.3 is 6.01 Å². The number of hydrogen-bond donors (Lipinski definition) is 0. The summed E-state index contributed by atoms with van der Waals surface area (Å²) >= 11 is 0. The van der Waals surface area contributed by atoms with Crippen LogP contribution >= 0.6 is 0 Å². The van der Waals surface area contributed by atoms with E-state index in [0.717, 1.165) is 56.2 Å². The lowest BCUT2D eigenvalue weighted by Crippen LogP contribution is -2.29. The quantitative estimate of drug-likeness (QED) is 0.524. The Labute approximate surface area is 178 Å². The Morgan fingerprint density at radius 2 is 1.87 bits per heavy atom. The highest BCUT2D eigenvalue weighted by Gasteiger charge is 2.22. The first-order chi connectivity index (χ1) is 14.7. The number of carbonyl (C=O) groups excluding carboxylic acids is 1. The standard InChI is InChI=1S/C25H31N3O2/c1-27-16-14-20(15-17-27)21-12-13-22-23(18-21)28(25(26-22)30-2)24(29)11-7-6-10-19-8-4-3-5-9-19/h3-5,8-9,12-13,18,20H,6-7,10-11,14-17H2,1-2H3. The third-order valence-electron chi connectivity index (χ3n) is 6.22. The van der Waals surface area contributed by atoms with E-state index in [4.69, 9.17) is 4.74 Å². The molecule has 3 aromatic rings. The van der Waals surface area contributed by atoms with Gasteiger partial charge < -0.3 is 9.64 Å². The fraction of sp³-hybridized carbons (Fsp3) is 0.440. The monoisotopic (exact) mass is 405 g/mol. The van der Waals surface area contributed by atoms with Crippen molar-refractivity contribution in [3.63, 3.8) is 0 Å². The minimum atomic E-state index is 0.0583. The van der Waals surface area contributed by atoms with Crippen LogP contribution in [0.5, 0.6) is 6.01 Å². The zero-order valence-electron chi connectivity index (χ0n) is 18.0. The lowest BCUT2D eigenvalue weighted by Gasteiger charge is -2.29. The fourth-order valence-electron chi connectivity index (χ4n) is 4.41. The topological polar surface area (TPSA) is 47.4 Å². The zero-order chi connectivity index (χ0) is 20.9. The van der Waals surface area contributed by atoms with Crippen molar-refractivity contribution in [2.24, 2.45) is 0 Å². The van der Waals surface area contributed by atoms with Crippen LogP contribution < -0.4 is 4.74 Å². The zero-order valence-corrected chi connectivity index (χ0v) is 18.0. The molecule has 1 aromatic heterocycles. The number of benzene rings is 2. The molecule has 0 bridgehead atoms. The Bertz CT molecular complexity index is 988. The van der Waals surface area contributed by atoms with Crippen molar-refractivity contribution in [2.45, 2.75) is 44.4 Å². The first-order valence-electron chi connectivity index (χ1n) is 11.0. The van der Waals surface area contributed by atoms with Crippen LogP contribution in [-0.2, 0) is 6.42 Å². The Morgan fingerprint density at radius 3 is 2.60 bits per heavy atom. The van der Waals surface area contributed by atoms with Gasteiger partial charge in [0.15, 0.2) is 0 Å². The number of nitrogens with zero attached hydrogens (tertiary/aromatic N) is 3. The summed E-state index contributed by atoms with van der Waals surface area (Å²) in [6.45, 7) is 2.23. The van der Waals surface area contributed by atoms with E-state index in [-0.39, 0.29) is 5.91 Å². The minimum Gasteiger partial charge on any atom is -0.468 e. The highest BCUT2D eigenvalue weighted by atomic mass is 16.5. The maximum absolute atomic E-state index is 13.1. The Morgan fingerprint density at radius 1 is 1.10 bits per heavy atom. The van der Waals surface area contributed by atoms with Crippen LogP contribution in [0, 0.1) is 0 Å². The average Bonchev–Trinajstić information content (AvgIpc) is 3.16. The number of fused-ring (bicyclic) bond motifs is 1. The fourth-order valence-corrected chi connectivity index (χ4v) is 4.41. The summed E-state index contributed by atoms with van der Waals surface area (Å²) in [5.41, 5.74) is 4.31. The summed E-state index contributed by atoms with van der Waals surface area (Å²) in [6, 6.07) is 17.2. The molecule has 1 saturated heterocycles. The predicted octanol–water partition coefficient (Wildman–Crippen LogP) is 4.91. The Hall–Kier alpha value is -2.66. The van der Waals surface area contributed by atoms with E-state index < -0.39 is 0 Å². The van der Waals surface area contributed by atoms with E-state index in [2.05, 4.69) is 53.3 Å². The van der Waals surface area contributed by atoms with Crippen molar-refractivity contribution >= 4 is 16.9 Å². The second kappa shape index (κ2) is 9.43. The molecule has 0 saturated carbocycles. The maximum atomic E-state index is 13.1. The van der Waals surface area contributed by atoms with Crippen molar-refractivity contribution in [3.8, 4) is 6.01 Å². The summed E-state index contributed by atoms with van der Waals surface area (Å²) in [7, 11) is 3.76. The number of unbranched alkanes of at least 4 members (excludes halogenated alkanes) is 1. The molecule has 4 rings (SSSR count). The van der Waals surface area contributed by atoms with Gasteiger partial charge in [-0.05, 0) is 81.4 Å². The van der Waals surface area contributed by atoms with Gasteiger partial charge in [-0.1, -0.05) is 36.4 Å². The maximum Gasteiger partial charge on any atom is 0.304 e. The van der Waals surface area contributed by atoms with E-state index in [1.54, 1.807) is 11.7 Å². The van der Waals surface area contributed by atoms with E-state index in [1.807, 2.05) is 12.1 Å². The molecule has 2 heterocycles. The molecule has 158 valence electrons. The molecule has 0 atom stereocenters. The van der Waals surface area contributed by atoms with Crippen molar-refractivity contribution < 1.29 is 9.53 Å². The molecular formula is C25H31N3O2. The largest absolute Gasteiger partial charge is 0.468 e. The summed E-state index contributed by atoms with van der Waals surface area (Å²) < 4.78 is 7.13. The molecular weight excluding hydrogens is 374 g/mol. The van der Waals surface area contributed by atoms with Crippen LogP contribution in [0.3, 0.4) is 0 Å². The van der Waals surface area contributed by atoms with Crippen LogP contribution in [0.25, 0.3) is 11.0 Å². The van der Waals surface area contributed by atoms with Crippen LogP contribution in [0.15, 0.2) is 48.5 Å². The molecule has 5 heteroatoms. The van der Waals surface area contributed by atoms with E-state index >= 15 is 0 Å². The Kier molecular flexibility index (Phi) is 6.48. The number of aromatic nitrogens is 2. The molecule has 1 fully saturated rings. The van der Waals surface area contributed by atoms with Crippen LogP contribution in [-0.4, -0.2) is 47.6 Å². The minimum absolute atomic E-state index is 0.0583. The smallest absolute Gasteiger partial charge is 0.304 e. The normalized spacial score (nSPS) is 15.5. The molecule has 30 heavy (non-hydrogen) atoms. The molecule has 2 aromatic carbocycles. The number of aryl methyl sites for hydroxylation is 1. The molecule has 0 N–H and O–H groups in total. The van der Waals surface area contributed by atoms with E-state index in [0.29, 0.717) is 18.3 Å². The van der Waals surface area contributed by atoms with Gasteiger partial charge in [0.05, 0.1) is 18.1 Å². The van der Waals surface area contributed by atoms with E-state index in [9.17, 15) is 4.79 Å². The van der Waals surface area contributed by atoms with Crippen LogP contribution in [0.4, 0.5) is 0 Å². The summed E-state index contributed by atoms with van der Waals surface area (Å²) in [5.74, 6) is 0.601. The molecule has 0 aliphatic carbocycles. The summed E-state index contributed by atoms with van der Waals surface area (Å²) in [5, 5.41) is 0. The molecule has 0 amide bonds. The van der Waals surface area contributed by atoms with Crippen molar-refractivity contribution in [2.75, 3.05) is 27.2 Å². The van der Waals surface area contributed by atoms with Crippen molar-refractivity contribution in [1.29, 1.82) is 0 Å². The van der Waals surface area contributed by atoms with Gasteiger partial charge in [0, 0.05) is 6.42 Å². The van der Waals surface area contributed by atoms with Gasteiger partial charge in [-0.3, -0.25) is 4.79 Å². The number of piperidine rings is 1. The van der Waals surface area contributed by atoms with Gasteiger partial charge in [0.25, 0.3) is 0 Å². The van der Waals surface area contributed by atoms with Crippen molar-refractivity contribution in [1.82, 2.24) is 14.5 Å². The number of carbonyl (C=O) groups is 1. The highest BCUT2D eigenvalue weighted by molar-refractivity contribution is 5.92. The molecule has 0 spiro atoms. The number of ether oxygens (including phenoxy) is 1. The molecule has 5 nitrogen and oxygen atoms in total. The van der Waals surface area contributed by atoms with Gasteiger partial charge in [-0.15, -0.1) is 0 Å². The average molecular weight is 406 g/mol. The number of imidazole rings is 1. The van der Waals surface area contributed by atoms with Gasteiger partial charge in [0.2, 0.25) is 5.91 Å². The molecule has 0 radical (unpaired) electrons. The number of likely N-dealkylation sites (tertiary alicyclic amines) is 1. The first kappa shape index (κ1) is 20.6. The predicted molar refractivity (Wildman–Crippen MR) is 120 cm³/mol. The molecule has 1 aliphatic heterocycles. The van der Waals surface area contributed by atoms with Crippen LogP contribution in [0.1, 0.15) is 53.9 Å². The molecule has 0 unspecified atom stereocenters. The lowest BCUT2D eigenvalue weighted by molar-refractivity contribution is 0.0893. The van der Waals surface area contributed by atoms with Gasteiger partial charge in [-0.25, -0.2) is 4.57 Å². The van der Waals surface area contributed by atoms with Gasteiger partial charge in [-0.2, -0.15) is 4.98 Å². The molecule has 1 aliphatic rings. The number of rotatable bonds is 7. The van der Waals surface area contributed by atoms with E-state index in [1.165, 1.54) is 11.1 Å². The second-order valence-corrected chi connectivity index (χ2v) is 8.35. The SMILES string of the molecule is COc1nc2ccc(C3CCN(C)CC3)cc2n1C(=O)CCCCc1ccccc1.